The number of hydrogen-bond acceptors (Lipinski definition) is 8. The normalized spacial score (nSPS) is 42.2. The third kappa shape index (κ3) is 5.12. The average Bonchev–Trinajstić information content (AvgIpc) is 2.78. The summed E-state index contributed by atoms with van der Waals surface area (Å²) in [7, 11) is 0. The minimum absolute atomic E-state index is 0.0198. The first kappa shape index (κ1) is 26.5. The van der Waals surface area contributed by atoms with Gasteiger partial charge in [0.15, 0.2) is 6.29 Å². The zero-order valence-electron chi connectivity index (χ0n) is 19.9. The number of allylic oxidation sites excluding steroid dienone is 2. The summed E-state index contributed by atoms with van der Waals surface area (Å²) in [4.78, 5) is 12.2. The second-order valence-corrected chi connectivity index (χ2v) is 10.5. The van der Waals surface area contributed by atoms with Crippen molar-refractivity contribution in [1.29, 1.82) is 0 Å². The quantitative estimate of drug-likeness (QED) is 0.265. The third-order valence-corrected chi connectivity index (χ3v) is 8.23. The molecule has 2 aliphatic carbocycles. The van der Waals surface area contributed by atoms with Crippen LogP contribution < -0.4 is 0 Å². The molecule has 0 amide bonds. The first-order valence-electron chi connectivity index (χ1n) is 12.0. The van der Waals surface area contributed by atoms with Gasteiger partial charge in [-0.25, -0.2) is 0 Å². The van der Waals surface area contributed by atoms with Crippen LogP contribution in [0, 0.1) is 16.7 Å². The molecule has 0 bridgehead atoms. The predicted molar refractivity (Wildman–Crippen MR) is 121 cm³/mol. The highest BCUT2D eigenvalue weighted by atomic mass is 16.7. The van der Waals surface area contributed by atoms with Crippen LogP contribution in [0.5, 0.6) is 0 Å². The fraction of sp³-hybridized carbons (Fsp3) is 0.800. The molecule has 0 aromatic carbocycles. The van der Waals surface area contributed by atoms with Crippen LogP contribution in [0.2, 0.25) is 0 Å². The maximum Gasteiger partial charge on any atom is 0.186 e. The predicted octanol–water partition coefficient (Wildman–Crippen LogP) is 1.23. The molecule has 5 N–H and O–H groups in total. The van der Waals surface area contributed by atoms with Gasteiger partial charge in [-0.1, -0.05) is 37.5 Å². The Balaban J connectivity index is 1.97. The van der Waals surface area contributed by atoms with Gasteiger partial charge in [-0.05, 0) is 49.0 Å². The SMILES string of the molecule is C/C(=C\CO)CCC1=C(C=O)CC(OC2OCC(O)C(O)C2O)C2[C@@](C)(CO)CCC[C@]12C. The Bertz CT molecular complexity index is 764. The molecule has 1 heterocycles. The van der Waals surface area contributed by atoms with E-state index in [4.69, 9.17) is 9.47 Å². The van der Waals surface area contributed by atoms with E-state index in [-0.39, 0.29) is 25.7 Å². The van der Waals surface area contributed by atoms with E-state index in [1.165, 1.54) is 0 Å². The Hall–Kier alpha value is -1.13. The topological polar surface area (TPSA) is 137 Å². The molecule has 3 aliphatic rings. The van der Waals surface area contributed by atoms with E-state index in [9.17, 15) is 30.3 Å². The van der Waals surface area contributed by atoms with Gasteiger partial charge in [-0.2, -0.15) is 0 Å². The summed E-state index contributed by atoms with van der Waals surface area (Å²) in [5, 5.41) is 49.9. The summed E-state index contributed by atoms with van der Waals surface area (Å²) in [5.41, 5.74) is 1.95. The summed E-state index contributed by atoms with van der Waals surface area (Å²) in [6.45, 7) is 5.94. The Morgan fingerprint density at radius 1 is 1.18 bits per heavy atom. The molecule has 2 fully saturated rings. The number of hydrogen-bond donors (Lipinski definition) is 5. The van der Waals surface area contributed by atoms with Crippen molar-refractivity contribution in [2.24, 2.45) is 16.7 Å². The Kier molecular flexibility index (Phi) is 8.54. The summed E-state index contributed by atoms with van der Waals surface area (Å²) in [5.74, 6) is -0.135. The lowest BCUT2D eigenvalue weighted by molar-refractivity contribution is -0.297. The highest BCUT2D eigenvalue weighted by Gasteiger charge is 2.57. The molecule has 0 aromatic rings. The minimum Gasteiger partial charge on any atom is -0.396 e. The first-order chi connectivity index (χ1) is 15.6. The van der Waals surface area contributed by atoms with Crippen molar-refractivity contribution in [1.82, 2.24) is 0 Å². The average molecular weight is 469 g/mol. The van der Waals surface area contributed by atoms with Crippen molar-refractivity contribution in [2.75, 3.05) is 19.8 Å². The molecule has 8 heteroatoms. The van der Waals surface area contributed by atoms with Crippen molar-refractivity contribution in [3.8, 4) is 0 Å². The van der Waals surface area contributed by atoms with Gasteiger partial charge in [0.05, 0.1) is 19.3 Å². The van der Waals surface area contributed by atoms with Gasteiger partial charge in [-0.15, -0.1) is 0 Å². The number of carbonyl (C=O) groups is 1. The Labute approximate surface area is 195 Å². The molecule has 0 aromatic heterocycles. The maximum atomic E-state index is 12.2. The first-order valence-corrected chi connectivity index (χ1v) is 12.0. The van der Waals surface area contributed by atoms with Crippen LogP contribution in [0.15, 0.2) is 22.8 Å². The highest BCUT2D eigenvalue weighted by Crippen LogP contribution is 2.61. The van der Waals surface area contributed by atoms with Crippen LogP contribution in [-0.2, 0) is 14.3 Å². The monoisotopic (exact) mass is 468 g/mol. The van der Waals surface area contributed by atoms with Gasteiger partial charge in [0.2, 0.25) is 0 Å². The largest absolute Gasteiger partial charge is 0.396 e. The molecular formula is C25H40O8. The number of carbonyl (C=O) groups excluding carboxylic acids is 1. The fourth-order valence-electron chi connectivity index (χ4n) is 6.48. The van der Waals surface area contributed by atoms with Crippen molar-refractivity contribution in [2.45, 2.75) is 90.0 Å². The van der Waals surface area contributed by atoms with Crippen LogP contribution in [-0.4, -0.2) is 82.3 Å². The standard InChI is InChI=1S/C25H40O8/c1-15(7-10-26)5-6-17-16(12-27)11-19(33-23-21(31)20(30)18(29)13-32-23)22-24(2,14-28)8-4-9-25(17,22)3/h7,12,18-23,26,28-31H,4-6,8-11,13-14H2,1-3H3/b15-7+/t18?,19?,20?,21?,22?,23?,24-,25-/m1/s1. The van der Waals surface area contributed by atoms with Gasteiger partial charge in [-0.3, -0.25) is 4.79 Å². The van der Waals surface area contributed by atoms with Gasteiger partial charge >= 0.3 is 0 Å². The van der Waals surface area contributed by atoms with E-state index >= 15 is 0 Å². The lowest BCUT2D eigenvalue weighted by Crippen LogP contribution is -2.59. The van der Waals surface area contributed by atoms with E-state index in [0.29, 0.717) is 18.4 Å². The van der Waals surface area contributed by atoms with Crippen LogP contribution in [0.25, 0.3) is 0 Å². The lowest BCUT2D eigenvalue weighted by atomic mass is 9.48. The number of fused-ring (bicyclic) bond motifs is 1. The third-order valence-electron chi connectivity index (χ3n) is 8.23. The molecule has 0 radical (unpaired) electrons. The van der Waals surface area contributed by atoms with Gasteiger partial charge in [0.1, 0.15) is 24.6 Å². The second-order valence-electron chi connectivity index (χ2n) is 10.5. The van der Waals surface area contributed by atoms with Gasteiger partial charge < -0.3 is 35.0 Å². The highest BCUT2D eigenvalue weighted by molar-refractivity contribution is 5.76. The van der Waals surface area contributed by atoms with Crippen molar-refractivity contribution in [3.63, 3.8) is 0 Å². The van der Waals surface area contributed by atoms with Crippen molar-refractivity contribution in [3.05, 3.63) is 22.8 Å². The van der Waals surface area contributed by atoms with E-state index in [1.807, 2.05) is 13.8 Å². The molecule has 3 rings (SSSR count). The molecule has 33 heavy (non-hydrogen) atoms. The van der Waals surface area contributed by atoms with Gasteiger partial charge in [0, 0.05) is 18.9 Å². The number of aliphatic hydroxyl groups excluding tert-OH is 5. The number of ether oxygens (including phenoxy) is 2. The van der Waals surface area contributed by atoms with Crippen LogP contribution in [0.1, 0.15) is 59.3 Å². The number of rotatable bonds is 8. The molecule has 8 atom stereocenters. The van der Waals surface area contributed by atoms with E-state index < -0.39 is 41.5 Å². The van der Waals surface area contributed by atoms with Crippen molar-refractivity contribution >= 4 is 6.29 Å². The summed E-state index contributed by atoms with van der Waals surface area (Å²) in [6, 6.07) is 0. The maximum absolute atomic E-state index is 12.2. The van der Waals surface area contributed by atoms with Crippen LogP contribution in [0.3, 0.4) is 0 Å². The molecule has 6 unspecified atom stereocenters. The summed E-state index contributed by atoms with van der Waals surface area (Å²) >= 11 is 0. The zero-order chi connectivity index (χ0) is 24.4. The Morgan fingerprint density at radius 3 is 2.55 bits per heavy atom. The summed E-state index contributed by atoms with van der Waals surface area (Å²) in [6.07, 6.45) is 1.33. The van der Waals surface area contributed by atoms with Gasteiger partial charge in [0.25, 0.3) is 0 Å². The molecule has 8 nitrogen and oxygen atoms in total. The summed E-state index contributed by atoms with van der Waals surface area (Å²) < 4.78 is 11.8. The van der Waals surface area contributed by atoms with Crippen LogP contribution in [0.4, 0.5) is 0 Å². The zero-order valence-corrected chi connectivity index (χ0v) is 19.9. The van der Waals surface area contributed by atoms with E-state index in [2.05, 4.69) is 6.92 Å². The molecule has 1 saturated heterocycles. The van der Waals surface area contributed by atoms with E-state index in [0.717, 1.165) is 43.1 Å². The molecular weight excluding hydrogens is 428 g/mol. The number of aliphatic hydroxyl groups is 5. The van der Waals surface area contributed by atoms with Crippen LogP contribution >= 0.6 is 0 Å². The lowest BCUT2D eigenvalue weighted by Gasteiger charge is -2.58. The smallest absolute Gasteiger partial charge is 0.186 e. The minimum atomic E-state index is -1.42. The fourth-order valence-corrected chi connectivity index (χ4v) is 6.48. The van der Waals surface area contributed by atoms with E-state index in [1.54, 1.807) is 6.08 Å². The Morgan fingerprint density at radius 2 is 1.91 bits per heavy atom. The number of aldehydes is 1. The molecule has 188 valence electrons. The molecule has 0 spiro atoms. The second kappa shape index (κ2) is 10.6. The molecule has 1 saturated carbocycles. The molecule has 1 aliphatic heterocycles. The van der Waals surface area contributed by atoms with Crippen molar-refractivity contribution < 1.29 is 39.8 Å².